The Labute approximate surface area is 241 Å². The maximum atomic E-state index is 13.6. The van der Waals surface area contributed by atoms with Crippen molar-refractivity contribution in [1.82, 2.24) is 5.09 Å². The molecule has 12 heteroatoms. The number of hydrogen-bond donors (Lipinski definition) is 2. The van der Waals surface area contributed by atoms with Crippen LogP contribution in [-0.2, 0) is 29.8 Å². The summed E-state index contributed by atoms with van der Waals surface area (Å²) in [6, 6.07) is 12.0. The van der Waals surface area contributed by atoms with Crippen molar-refractivity contribution >= 4 is 25.4 Å². The van der Waals surface area contributed by atoms with Crippen LogP contribution in [0.4, 0.5) is 5.69 Å². The van der Waals surface area contributed by atoms with Crippen molar-refractivity contribution in [1.29, 1.82) is 0 Å². The van der Waals surface area contributed by atoms with Gasteiger partial charge in [0.15, 0.2) is 6.61 Å². The quantitative estimate of drug-likeness (QED) is 0.0488. The molecule has 0 saturated carbocycles. The van der Waals surface area contributed by atoms with Gasteiger partial charge in [0.25, 0.3) is 5.69 Å². The molecule has 0 aliphatic carbocycles. The lowest BCUT2D eigenvalue weighted by Gasteiger charge is -2.23. The number of nitro groups is 1. The Kier molecular flexibility index (Phi) is 15.7. The number of nitro benzene ring substituents is 1. The van der Waals surface area contributed by atoms with Crippen LogP contribution in [0.15, 0.2) is 54.6 Å². The van der Waals surface area contributed by atoms with Crippen LogP contribution in [0.2, 0.25) is 0 Å². The predicted octanol–water partition coefficient (Wildman–Crippen LogP) is 6.85. The first-order valence-corrected chi connectivity index (χ1v) is 15.7. The molecule has 0 saturated heterocycles. The largest absolute Gasteiger partial charge is 0.480 e. The van der Waals surface area contributed by atoms with E-state index in [-0.39, 0.29) is 24.5 Å². The van der Waals surface area contributed by atoms with Gasteiger partial charge < -0.3 is 14.4 Å². The van der Waals surface area contributed by atoms with Crippen LogP contribution in [0.3, 0.4) is 0 Å². The van der Waals surface area contributed by atoms with E-state index < -0.39 is 37.3 Å². The molecule has 11 nitrogen and oxygen atoms in total. The molecule has 2 atom stereocenters. The second kappa shape index (κ2) is 19.0. The van der Waals surface area contributed by atoms with Crippen LogP contribution >= 0.6 is 7.75 Å². The molecule has 41 heavy (non-hydrogen) atoms. The highest BCUT2D eigenvalue weighted by atomic mass is 31.2. The minimum absolute atomic E-state index is 0.0453. The lowest BCUT2D eigenvalue weighted by molar-refractivity contribution is -0.384. The SMILES string of the molecule is CCCCCCCCCCCCOC(=O)COP(=O)(NC(Cc1ccccc1)C(=O)O)Oc1ccc([N+](=O)[O-])cc1. The highest BCUT2D eigenvalue weighted by Crippen LogP contribution is 2.45. The molecule has 2 unspecified atom stereocenters. The molecule has 0 fully saturated rings. The van der Waals surface area contributed by atoms with E-state index in [1.807, 2.05) is 0 Å². The molecule has 0 spiro atoms. The maximum Gasteiger partial charge on any atom is 0.460 e. The van der Waals surface area contributed by atoms with Crippen molar-refractivity contribution in [3.05, 3.63) is 70.3 Å². The summed E-state index contributed by atoms with van der Waals surface area (Å²) in [6.07, 6.45) is 11.3. The van der Waals surface area contributed by atoms with E-state index in [1.54, 1.807) is 30.3 Å². The van der Waals surface area contributed by atoms with E-state index >= 15 is 0 Å². The van der Waals surface area contributed by atoms with Gasteiger partial charge in [-0.1, -0.05) is 95.0 Å². The van der Waals surface area contributed by atoms with E-state index in [2.05, 4.69) is 12.0 Å². The van der Waals surface area contributed by atoms with Crippen molar-refractivity contribution in [2.75, 3.05) is 13.2 Å². The van der Waals surface area contributed by atoms with Gasteiger partial charge in [-0.3, -0.25) is 19.4 Å². The minimum atomic E-state index is -4.45. The fourth-order valence-electron chi connectivity index (χ4n) is 4.04. The van der Waals surface area contributed by atoms with Crippen molar-refractivity contribution in [3.8, 4) is 5.75 Å². The highest BCUT2D eigenvalue weighted by molar-refractivity contribution is 7.52. The van der Waals surface area contributed by atoms with Crippen molar-refractivity contribution < 1.29 is 38.0 Å². The lowest BCUT2D eigenvalue weighted by Crippen LogP contribution is -2.38. The van der Waals surface area contributed by atoms with Crippen molar-refractivity contribution in [2.45, 2.75) is 83.6 Å². The summed E-state index contributed by atoms with van der Waals surface area (Å²) < 4.78 is 29.5. The zero-order chi connectivity index (χ0) is 29.9. The third kappa shape index (κ3) is 14.3. The zero-order valence-electron chi connectivity index (χ0n) is 23.6. The number of nitrogens with zero attached hydrogens (tertiary/aromatic N) is 1. The molecule has 2 aromatic carbocycles. The number of ether oxygens (including phenoxy) is 1. The molecule has 0 aliphatic rings. The molecule has 0 radical (unpaired) electrons. The Morgan fingerprint density at radius 1 is 0.927 bits per heavy atom. The number of non-ortho nitro benzene ring substituents is 1. The number of hydrogen-bond acceptors (Lipinski definition) is 8. The Balaban J connectivity index is 1.90. The van der Waals surface area contributed by atoms with Gasteiger partial charge in [0.2, 0.25) is 0 Å². The van der Waals surface area contributed by atoms with Gasteiger partial charge in [-0.15, -0.1) is 0 Å². The van der Waals surface area contributed by atoms with Crippen LogP contribution in [-0.4, -0.2) is 41.2 Å². The predicted molar refractivity (Wildman–Crippen MR) is 155 cm³/mol. The summed E-state index contributed by atoms with van der Waals surface area (Å²) in [4.78, 5) is 34.6. The van der Waals surface area contributed by atoms with Crippen molar-refractivity contribution in [2.24, 2.45) is 0 Å². The number of aliphatic carboxylic acids is 1. The van der Waals surface area contributed by atoms with E-state index in [1.165, 1.54) is 50.7 Å². The Morgan fingerprint density at radius 2 is 1.51 bits per heavy atom. The molecule has 0 aliphatic heterocycles. The molecule has 226 valence electrons. The first kappa shape index (κ1) is 33.9. The number of nitrogens with one attached hydrogen (secondary N) is 1. The molecule has 2 aromatic rings. The van der Waals surface area contributed by atoms with Crippen LogP contribution in [0, 0.1) is 10.1 Å². The fourth-order valence-corrected chi connectivity index (χ4v) is 5.48. The summed E-state index contributed by atoms with van der Waals surface area (Å²) in [6.45, 7) is 1.64. The molecule has 0 amide bonds. The minimum Gasteiger partial charge on any atom is -0.480 e. The fraction of sp³-hybridized carbons (Fsp3) is 0.517. The third-order valence-electron chi connectivity index (χ3n) is 6.28. The number of rotatable bonds is 22. The molecule has 2 N–H and O–H groups in total. The summed E-state index contributed by atoms with van der Waals surface area (Å²) in [5.74, 6) is -2.16. The lowest BCUT2D eigenvalue weighted by atomic mass is 10.1. The first-order chi connectivity index (χ1) is 19.7. The summed E-state index contributed by atoms with van der Waals surface area (Å²) in [5.41, 5.74) is 0.439. The highest BCUT2D eigenvalue weighted by Gasteiger charge is 2.35. The number of esters is 1. The van der Waals surface area contributed by atoms with E-state index in [4.69, 9.17) is 13.8 Å². The molecule has 0 heterocycles. The van der Waals surface area contributed by atoms with E-state index in [0.717, 1.165) is 31.4 Å². The zero-order valence-corrected chi connectivity index (χ0v) is 24.5. The summed E-state index contributed by atoms with van der Waals surface area (Å²) >= 11 is 0. The second-order valence-corrected chi connectivity index (χ2v) is 11.4. The Hall–Kier alpha value is -3.27. The van der Waals surface area contributed by atoms with Gasteiger partial charge >= 0.3 is 19.7 Å². The van der Waals surface area contributed by atoms with Crippen LogP contribution in [0.5, 0.6) is 5.75 Å². The topological polar surface area (TPSA) is 154 Å². The number of carboxylic acid groups (broad SMARTS) is 1. The standard InChI is InChI=1S/C29H41N2O9P/c1-2-3-4-5-6-7-8-9-10-14-21-38-28(32)23-39-41(37,40-26-19-17-25(18-20-26)31(35)36)30-27(29(33)34)22-24-15-12-11-13-16-24/h11-13,15-20,27H,2-10,14,21-23H2,1H3,(H,30,37)(H,33,34). The Morgan fingerprint density at radius 3 is 2.07 bits per heavy atom. The molecule has 2 rings (SSSR count). The average molecular weight is 593 g/mol. The smallest absolute Gasteiger partial charge is 0.460 e. The monoisotopic (exact) mass is 592 g/mol. The van der Waals surface area contributed by atoms with Crippen LogP contribution in [0.1, 0.15) is 76.7 Å². The normalized spacial score (nSPS) is 13.2. The molecular formula is C29H41N2O9P. The molecule has 0 aromatic heterocycles. The number of carbonyl (C=O) groups excluding carboxylic acids is 1. The Bertz CT molecular complexity index is 1110. The van der Waals surface area contributed by atoms with Crippen LogP contribution < -0.4 is 9.61 Å². The van der Waals surface area contributed by atoms with Gasteiger partial charge in [-0.2, -0.15) is 5.09 Å². The maximum absolute atomic E-state index is 13.6. The van der Waals surface area contributed by atoms with Gasteiger partial charge in [0, 0.05) is 12.1 Å². The van der Waals surface area contributed by atoms with Gasteiger partial charge in [0.1, 0.15) is 11.8 Å². The summed E-state index contributed by atoms with van der Waals surface area (Å²) in [7, 11) is -4.45. The number of carbonyl (C=O) groups is 2. The van der Waals surface area contributed by atoms with E-state index in [0.29, 0.717) is 12.0 Å². The van der Waals surface area contributed by atoms with Crippen LogP contribution in [0.25, 0.3) is 0 Å². The molecule has 0 bridgehead atoms. The van der Waals surface area contributed by atoms with Crippen molar-refractivity contribution in [3.63, 3.8) is 0 Å². The molecular weight excluding hydrogens is 551 g/mol. The van der Waals surface area contributed by atoms with E-state index in [9.17, 15) is 29.4 Å². The third-order valence-corrected chi connectivity index (χ3v) is 7.83. The van der Waals surface area contributed by atoms with Gasteiger partial charge in [0.05, 0.1) is 11.5 Å². The second-order valence-electron chi connectivity index (χ2n) is 9.73. The number of benzene rings is 2. The summed E-state index contributed by atoms with van der Waals surface area (Å²) in [5, 5.41) is 23.1. The van der Waals surface area contributed by atoms with Gasteiger partial charge in [-0.25, -0.2) is 9.36 Å². The first-order valence-electron chi connectivity index (χ1n) is 14.1. The number of carboxylic acids is 1. The number of unbranched alkanes of at least 4 members (excludes halogenated alkanes) is 9. The van der Waals surface area contributed by atoms with Gasteiger partial charge in [-0.05, 0) is 30.5 Å². The average Bonchev–Trinajstić information content (AvgIpc) is 2.95.